The highest BCUT2D eigenvalue weighted by Gasteiger charge is 2.18. The van der Waals surface area contributed by atoms with Crippen molar-refractivity contribution in [2.24, 2.45) is 0 Å². The second kappa shape index (κ2) is 8.65. The van der Waals surface area contributed by atoms with E-state index in [2.05, 4.69) is 21.3 Å². The van der Waals surface area contributed by atoms with Gasteiger partial charge in [-0.1, -0.05) is 18.2 Å². The van der Waals surface area contributed by atoms with Crippen molar-refractivity contribution >= 4 is 31.6 Å². The fourth-order valence-electron chi connectivity index (χ4n) is 2.34. The van der Waals surface area contributed by atoms with Crippen molar-refractivity contribution in [1.29, 1.82) is 0 Å². The molecule has 0 saturated heterocycles. The molecule has 0 aliphatic rings. The quantitative estimate of drug-likeness (QED) is 0.557. The van der Waals surface area contributed by atoms with Gasteiger partial charge >= 0.3 is 0 Å². The molecule has 28 heavy (non-hydrogen) atoms. The fraction of sp³-hybridized carbons (Fsp3) is 0.167. The lowest BCUT2D eigenvalue weighted by atomic mass is 10.2. The van der Waals surface area contributed by atoms with Crippen LogP contribution in [0.1, 0.15) is 15.9 Å². The predicted octanol–water partition coefficient (Wildman–Crippen LogP) is 1.62. The number of hydrogen-bond acceptors (Lipinski definition) is 5. The van der Waals surface area contributed by atoms with Gasteiger partial charge in [0.2, 0.25) is 20.0 Å². The molecule has 2 aromatic rings. The Morgan fingerprint density at radius 3 is 2.43 bits per heavy atom. The van der Waals surface area contributed by atoms with Crippen LogP contribution >= 0.6 is 0 Å². The van der Waals surface area contributed by atoms with Gasteiger partial charge in [0.05, 0.1) is 9.79 Å². The van der Waals surface area contributed by atoms with E-state index in [1.165, 1.54) is 43.5 Å². The molecule has 0 aromatic heterocycles. The third-order valence-corrected chi connectivity index (χ3v) is 6.81. The van der Waals surface area contributed by atoms with Crippen LogP contribution < -0.4 is 14.8 Å². The van der Waals surface area contributed by atoms with E-state index in [0.717, 1.165) is 0 Å². The van der Waals surface area contributed by atoms with Gasteiger partial charge in [-0.15, -0.1) is 6.58 Å². The number of rotatable bonds is 8. The molecule has 150 valence electrons. The Bertz CT molecular complexity index is 1110. The molecule has 2 rings (SSSR count). The summed E-state index contributed by atoms with van der Waals surface area (Å²) in [7, 11) is -6.16. The van der Waals surface area contributed by atoms with Crippen LogP contribution in [0.2, 0.25) is 0 Å². The number of amides is 1. The minimum atomic E-state index is -3.78. The summed E-state index contributed by atoms with van der Waals surface area (Å²) in [6, 6.07) is 9.98. The molecular weight excluding hydrogens is 402 g/mol. The first kappa shape index (κ1) is 21.8. The minimum absolute atomic E-state index is 0.0396. The summed E-state index contributed by atoms with van der Waals surface area (Å²) < 4.78 is 53.1. The van der Waals surface area contributed by atoms with Gasteiger partial charge in [0.15, 0.2) is 0 Å². The summed E-state index contributed by atoms with van der Waals surface area (Å²) in [5.41, 5.74) is 0.899. The first-order valence-corrected chi connectivity index (χ1v) is 11.1. The first-order valence-electron chi connectivity index (χ1n) is 8.17. The number of benzene rings is 2. The average Bonchev–Trinajstić information content (AvgIpc) is 2.67. The zero-order valence-electron chi connectivity index (χ0n) is 15.4. The largest absolute Gasteiger partial charge is 0.322 e. The molecule has 0 unspecified atom stereocenters. The van der Waals surface area contributed by atoms with Crippen LogP contribution in [0.25, 0.3) is 0 Å². The zero-order chi connectivity index (χ0) is 20.9. The summed E-state index contributed by atoms with van der Waals surface area (Å²) in [4.78, 5) is 12.5. The Kier molecular flexibility index (Phi) is 6.73. The van der Waals surface area contributed by atoms with Gasteiger partial charge in [0.1, 0.15) is 0 Å². The monoisotopic (exact) mass is 423 g/mol. The molecule has 0 aliphatic heterocycles. The van der Waals surface area contributed by atoms with E-state index in [-0.39, 0.29) is 27.6 Å². The number of aryl methyl sites for hydroxylation is 1. The van der Waals surface area contributed by atoms with Crippen LogP contribution in [0.15, 0.2) is 64.9 Å². The number of carbonyl (C=O) groups excluding carboxylic acids is 1. The molecule has 0 bridgehead atoms. The van der Waals surface area contributed by atoms with Crippen molar-refractivity contribution in [1.82, 2.24) is 9.44 Å². The van der Waals surface area contributed by atoms with Gasteiger partial charge in [-0.05, 0) is 49.9 Å². The lowest BCUT2D eigenvalue weighted by Crippen LogP contribution is -2.24. The highest BCUT2D eigenvalue weighted by atomic mass is 32.2. The standard InChI is InChI=1S/C18H21N3O5S2/c1-4-10-20-27(23,24)16-7-5-6-14(11-16)18(22)21-15-9-8-13(2)17(12-15)28(25,26)19-3/h4-9,11-12,19-20H,1,10H2,2-3H3,(H,21,22). The maximum atomic E-state index is 12.5. The first-order chi connectivity index (χ1) is 13.1. The van der Waals surface area contributed by atoms with Crippen LogP contribution in [0, 0.1) is 6.92 Å². The topological polar surface area (TPSA) is 121 Å². The molecule has 0 fully saturated rings. The fourth-order valence-corrected chi connectivity index (χ4v) is 4.37. The van der Waals surface area contributed by atoms with E-state index >= 15 is 0 Å². The minimum Gasteiger partial charge on any atom is -0.322 e. The van der Waals surface area contributed by atoms with Gasteiger partial charge < -0.3 is 5.32 Å². The van der Waals surface area contributed by atoms with E-state index in [1.807, 2.05) is 0 Å². The highest BCUT2D eigenvalue weighted by Crippen LogP contribution is 2.21. The molecule has 0 saturated carbocycles. The van der Waals surface area contributed by atoms with Crippen molar-refractivity contribution < 1.29 is 21.6 Å². The molecule has 0 radical (unpaired) electrons. The van der Waals surface area contributed by atoms with Gasteiger partial charge in [-0.25, -0.2) is 26.3 Å². The Balaban J connectivity index is 2.31. The number of sulfonamides is 2. The Hall–Kier alpha value is -2.53. The molecule has 10 heteroatoms. The zero-order valence-corrected chi connectivity index (χ0v) is 17.0. The third-order valence-electron chi connectivity index (χ3n) is 3.83. The molecule has 0 aliphatic carbocycles. The summed E-state index contributed by atoms with van der Waals surface area (Å²) in [6.45, 7) is 5.15. The lowest BCUT2D eigenvalue weighted by molar-refractivity contribution is 0.102. The van der Waals surface area contributed by atoms with E-state index in [0.29, 0.717) is 5.56 Å². The van der Waals surface area contributed by atoms with Gasteiger partial charge in [-0.3, -0.25) is 4.79 Å². The summed E-state index contributed by atoms with van der Waals surface area (Å²) in [5.74, 6) is -0.572. The maximum absolute atomic E-state index is 12.5. The smallest absolute Gasteiger partial charge is 0.255 e. The summed E-state index contributed by atoms with van der Waals surface area (Å²) in [6.07, 6.45) is 1.41. The molecule has 3 N–H and O–H groups in total. The number of nitrogens with one attached hydrogen (secondary N) is 3. The second-order valence-corrected chi connectivity index (χ2v) is 9.43. The second-order valence-electron chi connectivity index (χ2n) is 5.81. The van der Waals surface area contributed by atoms with Crippen LogP contribution in [0.5, 0.6) is 0 Å². The number of carbonyl (C=O) groups is 1. The highest BCUT2D eigenvalue weighted by molar-refractivity contribution is 7.89. The average molecular weight is 424 g/mol. The van der Waals surface area contributed by atoms with Crippen LogP contribution in [0.4, 0.5) is 5.69 Å². The van der Waals surface area contributed by atoms with Gasteiger partial charge in [0.25, 0.3) is 5.91 Å². The van der Waals surface area contributed by atoms with Gasteiger partial charge in [0, 0.05) is 17.8 Å². The lowest BCUT2D eigenvalue weighted by Gasteiger charge is -2.11. The molecule has 2 aromatic carbocycles. The Morgan fingerprint density at radius 1 is 1.07 bits per heavy atom. The summed E-state index contributed by atoms with van der Waals surface area (Å²) >= 11 is 0. The van der Waals surface area contributed by atoms with Crippen molar-refractivity contribution in [3.63, 3.8) is 0 Å². The van der Waals surface area contributed by atoms with Crippen LogP contribution in [-0.2, 0) is 20.0 Å². The predicted molar refractivity (Wildman–Crippen MR) is 107 cm³/mol. The van der Waals surface area contributed by atoms with Crippen molar-refractivity contribution in [2.45, 2.75) is 16.7 Å². The SMILES string of the molecule is C=CCNS(=O)(=O)c1cccc(C(=O)Nc2ccc(C)c(S(=O)(=O)NC)c2)c1. The third kappa shape index (κ3) is 5.04. The molecule has 0 heterocycles. The van der Waals surface area contributed by atoms with Crippen LogP contribution in [0.3, 0.4) is 0 Å². The van der Waals surface area contributed by atoms with E-state index < -0.39 is 26.0 Å². The van der Waals surface area contributed by atoms with E-state index in [4.69, 9.17) is 0 Å². The molecule has 8 nitrogen and oxygen atoms in total. The molecule has 0 atom stereocenters. The number of anilines is 1. The van der Waals surface area contributed by atoms with E-state index in [9.17, 15) is 21.6 Å². The molecule has 1 amide bonds. The van der Waals surface area contributed by atoms with Crippen molar-refractivity contribution in [2.75, 3.05) is 18.9 Å². The summed E-state index contributed by atoms with van der Waals surface area (Å²) in [5, 5.41) is 2.58. The number of hydrogen-bond donors (Lipinski definition) is 3. The normalized spacial score (nSPS) is 11.8. The Morgan fingerprint density at radius 2 is 1.79 bits per heavy atom. The van der Waals surface area contributed by atoms with Crippen LogP contribution in [-0.4, -0.2) is 36.3 Å². The maximum Gasteiger partial charge on any atom is 0.255 e. The molecule has 0 spiro atoms. The molecular formula is C18H21N3O5S2. The Labute approximate surface area is 164 Å². The van der Waals surface area contributed by atoms with Gasteiger partial charge in [-0.2, -0.15) is 0 Å². The van der Waals surface area contributed by atoms with Crippen molar-refractivity contribution in [3.8, 4) is 0 Å². The van der Waals surface area contributed by atoms with E-state index in [1.54, 1.807) is 19.1 Å². The van der Waals surface area contributed by atoms with Crippen molar-refractivity contribution in [3.05, 3.63) is 66.2 Å².